The first kappa shape index (κ1) is 22.2. The molecule has 1 fully saturated rings. The van der Waals surface area contributed by atoms with Gasteiger partial charge in [0.2, 0.25) is 16.1 Å². The molecule has 0 saturated carbocycles. The minimum Gasteiger partial charge on any atom is -0.443 e. The maximum Gasteiger partial charge on any atom is 0.429 e. The van der Waals surface area contributed by atoms with E-state index >= 15 is 0 Å². The largest absolute Gasteiger partial charge is 0.443 e. The second kappa shape index (κ2) is 7.99. The zero-order chi connectivity index (χ0) is 22.3. The van der Waals surface area contributed by atoms with E-state index in [1.807, 2.05) is 0 Å². The molecule has 1 atom stereocenters. The van der Waals surface area contributed by atoms with Crippen LogP contribution in [-0.2, 0) is 21.8 Å². The highest BCUT2D eigenvalue weighted by Crippen LogP contribution is 2.37. The Morgan fingerprint density at radius 1 is 1.07 bits per heavy atom. The number of alkyl halides is 3. The van der Waals surface area contributed by atoms with Gasteiger partial charge < -0.3 is 9.30 Å². The number of carbonyl (C=O) groups excluding carboxylic acids is 1. The van der Waals surface area contributed by atoms with E-state index in [9.17, 15) is 35.2 Å². The molecule has 164 valence electrons. The van der Waals surface area contributed by atoms with Crippen LogP contribution in [0.15, 0.2) is 35.4 Å². The van der Waals surface area contributed by atoms with Crippen LogP contribution in [0.5, 0.6) is 0 Å². The van der Waals surface area contributed by atoms with E-state index in [2.05, 4.69) is 4.74 Å². The highest BCUT2D eigenvalue weighted by atomic mass is 32.2. The van der Waals surface area contributed by atoms with Crippen LogP contribution in [0, 0.1) is 11.6 Å². The predicted octanol–water partition coefficient (Wildman–Crippen LogP) is 3.55. The quantitative estimate of drug-likeness (QED) is 0.514. The summed E-state index contributed by atoms with van der Waals surface area (Å²) in [4.78, 5) is 12.1. The van der Waals surface area contributed by atoms with Gasteiger partial charge in [-0.25, -0.2) is 22.0 Å². The molecule has 1 aromatic heterocycles. The summed E-state index contributed by atoms with van der Waals surface area (Å²) in [6.07, 6.45) is -5.65. The van der Waals surface area contributed by atoms with Crippen molar-refractivity contribution in [2.24, 2.45) is 7.05 Å². The second-order valence-electron chi connectivity index (χ2n) is 6.81. The van der Waals surface area contributed by atoms with Gasteiger partial charge in [0.05, 0.1) is 0 Å². The smallest absolute Gasteiger partial charge is 0.429 e. The molecule has 6 nitrogen and oxygen atoms in total. The molecule has 2 aromatic rings. The zero-order valence-electron chi connectivity index (χ0n) is 15.6. The summed E-state index contributed by atoms with van der Waals surface area (Å²) in [5.41, 5.74) is -1.40. The third-order valence-corrected chi connectivity index (χ3v) is 6.47. The van der Waals surface area contributed by atoms with Gasteiger partial charge in [-0.15, -0.1) is 0 Å². The van der Waals surface area contributed by atoms with Crippen LogP contribution in [0.4, 0.5) is 22.0 Å². The number of rotatable bonds is 5. The molecular formula is C18H17F5N2O4S. The number of benzene rings is 1. The first-order valence-electron chi connectivity index (χ1n) is 8.80. The molecule has 3 rings (SSSR count). The lowest BCUT2D eigenvalue weighted by Crippen LogP contribution is -2.27. The average molecular weight is 452 g/mol. The van der Waals surface area contributed by atoms with Crippen LogP contribution in [0.1, 0.15) is 35.0 Å². The zero-order valence-corrected chi connectivity index (χ0v) is 16.4. The molecule has 1 aromatic carbocycles. The SMILES string of the molecule is Cn1cc(S(=O)(=O)N2CCCC2)cc1C(=O)O[C@H](c1cc(F)cc(F)c1)C(F)(F)F. The maximum atomic E-state index is 13.4. The first-order valence-corrected chi connectivity index (χ1v) is 10.2. The van der Waals surface area contributed by atoms with Gasteiger partial charge in [-0.1, -0.05) is 0 Å². The molecule has 0 N–H and O–H groups in total. The number of halogens is 5. The average Bonchev–Trinajstić information content (AvgIpc) is 3.27. The first-order chi connectivity index (χ1) is 13.9. The summed E-state index contributed by atoms with van der Waals surface area (Å²) in [7, 11) is -2.64. The highest BCUT2D eigenvalue weighted by Gasteiger charge is 2.45. The molecule has 0 spiro atoms. The van der Waals surface area contributed by atoms with Crippen molar-refractivity contribution >= 4 is 16.0 Å². The summed E-state index contributed by atoms with van der Waals surface area (Å²) in [5, 5.41) is 0. The van der Waals surface area contributed by atoms with Gasteiger partial charge >= 0.3 is 12.1 Å². The van der Waals surface area contributed by atoms with Crippen LogP contribution in [0.3, 0.4) is 0 Å². The van der Waals surface area contributed by atoms with Gasteiger partial charge in [-0.2, -0.15) is 17.5 Å². The summed E-state index contributed by atoms with van der Waals surface area (Å²) < 4.78 is 98.9. The number of ether oxygens (including phenoxy) is 1. The van der Waals surface area contributed by atoms with Gasteiger partial charge in [0.25, 0.3) is 0 Å². The Bertz CT molecular complexity index is 1040. The minimum absolute atomic E-state index is 0.265. The van der Waals surface area contributed by atoms with Crippen molar-refractivity contribution < 1.29 is 39.9 Å². The number of aromatic nitrogens is 1. The fourth-order valence-corrected chi connectivity index (χ4v) is 4.76. The van der Waals surface area contributed by atoms with Gasteiger partial charge in [0, 0.05) is 38.0 Å². The number of sulfonamides is 1. The van der Waals surface area contributed by atoms with E-state index < -0.39 is 51.2 Å². The standard InChI is InChI=1S/C18H17F5N2O4S/c1-24-10-14(30(27,28)25-4-2-3-5-25)9-15(24)17(26)29-16(18(21,22)23)11-6-12(19)8-13(20)7-11/h6-10,16H,2-5H2,1H3/t16-/m1/s1. The lowest BCUT2D eigenvalue weighted by atomic mass is 10.1. The Labute approximate surface area is 168 Å². The minimum atomic E-state index is -5.16. The van der Waals surface area contributed by atoms with E-state index in [1.165, 1.54) is 11.4 Å². The molecule has 12 heteroatoms. The van der Waals surface area contributed by atoms with Crippen molar-refractivity contribution in [2.75, 3.05) is 13.1 Å². The number of carbonyl (C=O) groups is 1. The van der Waals surface area contributed by atoms with E-state index in [4.69, 9.17) is 0 Å². The Hall–Kier alpha value is -2.47. The Kier molecular flexibility index (Phi) is 5.92. The Morgan fingerprint density at radius 2 is 1.63 bits per heavy atom. The fraction of sp³-hybridized carbons (Fsp3) is 0.389. The highest BCUT2D eigenvalue weighted by molar-refractivity contribution is 7.89. The second-order valence-corrected chi connectivity index (χ2v) is 8.75. The van der Waals surface area contributed by atoms with E-state index in [0.29, 0.717) is 44.1 Å². The molecule has 0 amide bonds. The number of hydrogen-bond donors (Lipinski definition) is 0. The number of aryl methyl sites for hydroxylation is 1. The fourth-order valence-electron chi connectivity index (χ4n) is 3.17. The van der Waals surface area contributed by atoms with Gasteiger partial charge in [0.15, 0.2) is 0 Å². The third kappa shape index (κ3) is 4.48. The van der Waals surface area contributed by atoms with E-state index in [0.717, 1.165) is 16.8 Å². The lowest BCUT2D eigenvalue weighted by Gasteiger charge is -2.21. The normalized spacial score (nSPS) is 16.6. The molecular weight excluding hydrogens is 435 g/mol. The molecule has 0 aliphatic carbocycles. The monoisotopic (exact) mass is 452 g/mol. The molecule has 30 heavy (non-hydrogen) atoms. The van der Waals surface area contributed by atoms with Crippen molar-refractivity contribution in [1.29, 1.82) is 0 Å². The molecule has 1 saturated heterocycles. The van der Waals surface area contributed by atoms with Crippen molar-refractivity contribution in [2.45, 2.75) is 30.0 Å². The molecule has 1 aliphatic heterocycles. The van der Waals surface area contributed by atoms with Crippen molar-refractivity contribution in [3.8, 4) is 0 Å². The topological polar surface area (TPSA) is 68.6 Å². The van der Waals surface area contributed by atoms with Crippen molar-refractivity contribution in [1.82, 2.24) is 8.87 Å². The molecule has 0 bridgehead atoms. The predicted molar refractivity (Wildman–Crippen MR) is 94.0 cm³/mol. The molecule has 0 unspecified atom stereocenters. The van der Waals surface area contributed by atoms with Crippen LogP contribution >= 0.6 is 0 Å². The lowest BCUT2D eigenvalue weighted by molar-refractivity contribution is -0.207. The van der Waals surface area contributed by atoms with Crippen LogP contribution < -0.4 is 0 Å². The number of esters is 1. The summed E-state index contributed by atoms with van der Waals surface area (Å²) >= 11 is 0. The number of hydrogen-bond acceptors (Lipinski definition) is 4. The van der Waals surface area contributed by atoms with Crippen LogP contribution in [0.2, 0.25) is 0 Å². The summed E-state index contributed by atoms with van der Waals surface area (Å²) in [5.74, 6) is -4.03. The maximum absolute atomic E-state index is 13.4. The molecule has 0 radical (unpaired) electrons. The Morgan fingerprint density at radius 3 is 2.17 bits per heavy atom. The third-order valence-electron chi connectivity index (χ3n) is 4.60. The number of nitrogens with zero attached hydrogens (tertiary/aromatic N) is 2. The summed E-state index contributed by atoms with van der Waals surface area (Å²) in [6, 6.07) is 2.10. The van der Waals surface area contributed by atoms with Crippen LogP contribution in [-0.4, -0.2) is 42.5 Å². The Balaban J connectivity index is 1.91. The summed E-state index contributed by atoms with van der Waals surface area (Å²) in [6.45, 7) is 0.608. The van der Waals surface area contributed by atoms with E-state index in [-0.39, 0.29) is 4.90 Å². The van der Waals surface area contributed by atoms with Gasteiger partial charge in [-0.05, 0) is 31.0 Å². The molecule has 2 heterocycles. The van der Waals surface area contributed by atoms with Crippen molar-refractivity contribution in [3.05, 3.63) is 53.4 Å². The van der Waals surface area contributed by atoms with Crippen LogP contribution in [0.25, 0.3) is 0 Å². The van der Waals surface area contributed by atoms with Gasteiger partial charge in [0.1, 0.15) is 22.2 Å². The van der Waals surface area contributed by atoms with E-state index in [1.54, 1.807) is 0 Å². The van der Waals surface area contributed by atoms with Gasteiger partial charge in [-0.3, -0.25) is 0 Å². The molecule has 1 aliphatic rings. The van der Waals surface area contributed by atoms with Crippen molar-refractivity contribution in [3.63, 3.8) is 0 Å².